The topological polar surface area (TPSA) is 118 Å². The molecular weight excluding hydrogens is 536 g/mol. The van der Waals surface area contributed by atoms with E-state index in [1.165, 1.54) is 18.2 Å². The average Bonchev–Trinajstić information content (AvgIpc) is 3.49. The van der Waals surface area contributed by atoms with E-state index in [2.05, 4.69) is 10.2 Å². The summed E-state index contributed by atoms with van der Waals surface area (Å²) in [5.74, 6) is 1.46. The van der Waals surface area contributed by atoms with Crippen molar-refractivity contribution in [2.24, 2.45) is 0 Å². The van der Waals surface area contributed by atoms with Gasteiger partial charge in [0.1, 0.15) is 17.3 Å². The lowest BCUT2D eigenvalue weighted by molar-refractivity contribution is -0.384. The fraction of sp³-hybridized carbons (Fsp3) is 0.188. The molecule has 2 amide bonds. The fourth-order valence-corrected chi connectivity index (χ4v) is 4.81. The SMILES string of the molecule is COc1ccc(C(=O)N2CCN(c3ccc(NC(=O)/C=C/c4ccc(-c5ccc([N+](=O)[O-])cc5C)o4)cc3)CC2)cc1. The minimum atomic E-state index is -0.436. The van der Waals surface area contributed by atoms with Crippen molar-refractivity contribution in [2.75, 3.05) is 43.5 Å². The maximum absolute atomic E-state index is 12.8. The minimum Gasteiger partial charge on any atom is -0.497 e. The molecule has 0 unspecified atom stereocenters. The normalized spacial score (nSPS) is 13.3. The zero-order chi connectivity index (χ0) is 29.6. The lowest BCUT2D eigenvalue weighted by Gasteiger charge is -2.36. The fourth-order valence-electron chi connectivity index (χ4n) is 4.81. The maximum Gasteiger partial charge on any atom is 0.269 e. The third-order valence-electron chi connectivity index (χ3n) is 7.12. The third-order valence-corrected chi connectivity index (χ3v) is 7.12. The van der Waals surface area contributed by atoms with Crippen molar-refractivity contribution in [2.45, 2.75) is 6.92 Å². The molecule has 1 N–H and O–H groups in total. The Morgan fingerprint density at radius 3 is 2.31 bits per heavy atom. The van der Waals surface area contributed by atoms with Crippen LogP contribution in [0.2, 0.25) is 0 Å². The smallest absolute Gasteiger partial charge is 0.269 e. The lowest BCUT2D eigenvalue weighted by Crippen LogP contribution is -2.48. The molecule has 2 heterocycles. The summed E-state index contributed by atoms with van der Waals surface area (Å²) in [5.41, 5.74) is 3.81. The van der Waals surface area contributed by atoms with Gasteiger partial charge in [0.2, 0.25) is 5.91 Å². The number of nitrogens with zero attached hydrogens (tertiary/aromatic N) is 3. The number of hydrogen-bond donors (Lipinski definition) is 1. The first kappa shape index (κ1) is 28.2. The Labute approximate surface area is 243 Å². The number of furan rings is 1. The number of amides is 2. The van der Waals surface area contributed by atoms with Crippen molar-refractivity contribution >= 4 is 35.0 Å². The van der Waals surface area contributed by atoms with E-state index in [9.17, 15) is 19.7 Å². The molecular formula is C32H30N4O6. The van der Waals surface area contributed by atoms with Crippen molar-refractivity contribution in [3.63, 3.8) is 0 Å². The van der Waals surface area contributed by atoms with Gasteiger partial charge in [0.15, 0.2) is 0 Å². The Kier molecular flexibility index (Phi) is 8.33. The Morgan fingerprint density at radius 1 is 0.952 bits per heavy atom. The van der Waals surface area contributed by atoms with Gasteiger partial charge in [0, 0.05) is 66.9 Å². The number of piperazine rings is 1. The summed E-state index contributed by atoms with van der Waals surface area (Å²) in [6.07, 6.45) is 2.96. The molecule has 10 nitrogen and oxygen atoms in total. The van der Waals surface area contributed by atoms with Crippen LogP contribution in [0, 0.1) is 17.0 Å². The number of aryl methyl sites for hydroxylation is 1. The quantitative estimate of drug-likeness (QED) is 0.163. The zero-order valence-corrected chi connectivity index (χ0v) is 23.3. The highest BCUT2D eigenvalue weighted by atomic mass is 16.6. The zero-order valence-electron chi connectivity index (χ0n) is 23.3. The van der Waals surface area contributed by atoms with E-state index < -0.39 is 4.92 Å². The Morgan fingerprint density at radius 2 is 1.67 bits per heavy atom. The number of anilines is 2. The predicted octanol–water partition coefficient (Wildman–Crippen LogP) is 5.79. The van der Waals surface area contributed by atoms with Crippen LogP contribution in [0.5, 0.6) is 5.75 Å². The molecule has 0 atom stereocenters. The van der Waals surface area contributed by atoms with Crippen molar-refractivity contribution in [1.82, 2.24) is 4.90 Å². The molecule has 1 aliphatic rings. The largest absolute Gasteiger partial charge is 0.497 e. The van der Waals surface area contributed by atoms with Gasteiger partial charge >= 0.3 is 0 Å². The highest BCUT2D eigenvalue weighted by molar-refractivity contribution is 6.01. The molecule has 1 aromatic heterocycles. The first-order chi connectivity index (χ1) is 20.3. The summed E-state index contributed by atoms with van der Waals surface area (Å²) in [5, 5.41) is 13.8. The Bertz CT molecular complexity index is 1620. The molecule has 0 spiro atoms. The molecule has 214 valence electrons. The summed E-state index contributed by atoms with van der Waals surface area (Å²) < 4.78 is 11.0. The standard InChI is InChI=1S/C32H30N4O6/c1-22-21-26(36(39)40)9-14-29(22)30-15-12-28(42-30)13-16-31(37)33-24-5-7-25(8-6-24)34-17-19-35(20-18-34)32(38)23-3-10-27(41-2)11-4-23/h3-16,21H,17-20H2,1-2H3,(H,33,37)/b16-13+. The number of rotatable bonds is 8. The molecule has 10 heteroatoms. The number of carbonyl (C=O) groups is 2. The van der Waals surface area contributed by atoms with Gasteiger partial charge in [-0.15, -0.1) is 0 Å². The average molecular weight is 567 g/mol. The number of benzene rings is 3. The molecule has 42 heavy (non-hydrogen) atoms. The van der Waals surface area contributed by atoms with Gasteiger partial charge in [-0.1, -0.05) is 0 Å². The molecule has 0 radical (unpaired) electrons. The van der Waals surface area contributed by atoms with E-state index in [1.807, 2.05) is 29.2 Å². The van der Waals surface area contributed by atoms with Crippen molar-refractivity contribution in [1.29, 1.82) is 0 Å². The van der Waals surface area contributed by atoms with Crippen LogP contribution in [0.3, 0.4) is 0 Å². The van der Waals surface area contributed by atoms with Gasteiger partial charge in [-0.25, -0.2) is 0 Å². The number of nitrogens with one attached hydrogen (secondary N) is 1. The van der Waals surface area contributed by atoms with Gasteiger partial charge in [-0.2, -0.15) is 0 Å². The minimum absolute atomic E-state index is 0.00986. The van der Waals surface area contributed by atoms with Crippen LogP contribution in [-0.2, 0) is 4.79 Å². The third kappa shape index (κ3) is 6.49. The van der Waals surface area contributed by atoms with Crippen LogP contribution >= 0.6 is 0 Å². The molecule has 1 aliphatic heterocycles. The highest BCUT2D eigenvalue weighted by Crippen LogP contribution is 2.29. The summed E-state index contributed by atoms with van der Waals surface area (Å²) in [7, 11) is 1.60. The number of nitro groups is 1. The second-order valence-electron chi connectivity index (χ2n) is 9.84. The lowest BCUT2D eigenvalue weighted by atomic mass is 10.1. The number of non-ortho nitro benzene ring substituents is 1. The van der Waals surface area contributed by atoms with Gasteiger partial charge in [0.25, 0.3) is 11.6 Å². The van der Waals surface area contributed by atoms with Crippen LogP contribution < -0.4 is 15.0 Å². The monoisotopic (exact) mass is 566 g/mol. The molecule has 1 fully saturated rings. The van der Waals surface area contributed by atoms with Crippen molar-refractivity contribution in [3.8, 4) is 17.1 Å². The van der Waals surface area contributed by atoms with E-state index in [4.69, 9.17) is 9.15 Å². The van der Waals surface area contributed by atoms with Crippen LogP contribution in [0.4, 0.5) is 17.1 Å². The molecule has 4 aromatic rings. The first-order valence-corrected chi connectivity index (χ1v) is 13.4. The second kappa shape index (κ2) is 12.4. The van der Waals surface area contributed by atoms with Crippen molar-refractivity contribution < 1.29 is 23.7 Å². The van der Waals surface area contributed by atoms with Gasteiger partial charge in [-0.05, 0) is 85.3 Å². The number of carbonyl (C=O) groups excluding carboxylic acids is 2. The van der Waals surface area contributed by atoms with E-state index in [0.29, 0.717) is 49.0 Å². The van der Waals surface area contributed by atoms with Crippen LogP contribution in [-0.4, -0.2) is 54.9 Å². The van der Waals surface area contributed by atoms with Gasteiger partial charge < -0.3 is 24.3 Å². The Hall–Kier alpha value is -5.38. The molecule has 0 bridgehead atoms. The number of hydrogen-bond acceptors (Lipinski definition) is 7. The molecule has 0 aliphatic carbocycles. The first-order valence-electron chi connectivity index (χ1n) is 13.4. The number of nitro benzene ring substituents is 1. The second-order valence-corrected chi connectivity index (χ2v) is 9.84. The van der Waals surface area contributed by atoms with E-state index in [1.54, 1.807) is 62.6 Å². The van der Waals surface area contributed by atoms with Crippen LogP contribution in [0.25, 0.3) is 17.4 Å². The van der Waals surface area contributed by atoms with Crippen LogP contribution in [0.15, 0.2) is 89.4 Å². The maximum atomic E-state index is 12.8. The van der Waals surface area contributed by atoms with Crippen LogP contribution in [0.1, 0.15) is 21.7 Å². The molecule has 3 aromatic carbocycles. The van der Waals surface area contributed by atoms with Gasteiger partial charge in [0.05, 0.1) is 12.0 Å². The number of methoxy groups -OCH3 is 1. The predicted molar refractivity (Wildman–Crippen MR) is 161 cm³/mol. The summed E-state index contributed by atoms with van der Waals surface area (Å²) >= 11 is 0. The summed E-state index contributed by atoms with van der Waals surface area (Å²) in [6.45, 7) is 4.44. The molecule has 5 rings (SSSR count). The molecule has 0 saturated carbocycles. The van der Waals surface area contributed by atoms with E-state index >= 15 is 0 Å². The number of ether oxygens (including phenoxy) is 1. The van der Waals surface area contributed by atoms with Crippen molar-refractivity contribution in [3.05, 3.63) is 112 Å². The summed E-state index contributed by atoms with van der Waals surface area (Å²) in [6, 6.07) is 22.8. The Balaban J connectivity index is 1.12. The van der Waals surface area contributed by atoms with Gasteiger partial charge in [-0.3, -0.25) is 19.7 Å². The van der Waals surface area contributed by atoms with E-state index in [-0.39, 0.29) is 17.5 Å². The molecule has 1 saturated heterocycles. The summed E-state index contributed by atoms with van der Waals surface area (Å²) in [4.78, 5) is 40.0. The highest BCUT2D eigenvalue weighted by Gasteiger charge is 2.22. The van der Waals surface area contributed by atoms with E-state index in [0.717, 1.165) is 22.6 Å².